The first-order chi connectivity index (χ1) is 13.5. The standard InChI is InChI=1S/C22H18F2N2O2/c1-2-26(17-7-4-3-5-8-17)22(28)16-13-11-15(12-14-16)21(27)25-20-18(23)9-6-10-19(20)24/h3-14H,2H2,1H3,(H,25,27). The summed E-state index contributed by atoms with van der Waals surface area (Å²) in [6.07, 6.45) is 0. The molecule has 0 fully saturated rings. The Kier molecular flexibility index (Phi) is 5.79. The zero-order valence-electron chi connectivity index (χ0n) is 15.2. The zero-order chi connectivity index (χ0) is 20.1. The molecule has 0 spiro atoms. The highest BCUT2D eigenvalue weighted by Gasteiger charge is 2.17. The molecule has 0 unspecified atom stereocenters. The molecule has 1 N–H and O–H groups in total. The quantitative estimate of drug-likeness (QED) is 0.686. The Balaban J connectivity index is 1.77. The summed E-state index contributed by atoms with van der Waals surface area (Å²) >= 11 is 0. The van der Waals surface area contributed by atoms with Gasteiger partial charge < -0.3 is 10.2 Å². The van der Waals surface area contributed by atoms with E-state index in [1.165, 1.54) is 30.3 Å². The molecular formula is C22H18F2N2O2. The molecule has 0 heterocycles. The number of nitrogens with zero attached hydrogens (tertiary/aromatic N) is 1. The van der Waals surface area contributed by atoms with Crippen LogP contribution in [-0.4, -0.2) is 18.4 Å². The second-order valence-corrected chi connectivity index (χ2v) is 6.01. The van der Waals surface area contributed by atoms with Crippen LogP contribution in [0.15, 0.2) is 72.8 Å². The molecule has 3 rings (SSSR count). The van der Waals surface area contributed by atoms with Gasteiger partial charge in [0.2, 0.25) is 0 Å². The van der Waals surface area contributed by atoms with E-state index in [2.05, 4.69) is 5.32 Å². The van der Waals surface area contributed by atoms with Gasteiger partial charge in [-0.25, -0.2) is 8.78 Å². The van der Waals surface area contributed by atoms with E-state index in [-0.39, 0.29) is 11.5 Å². The van der Waals surface area contributed by atoms with E-state index in [1.807, 2.05) is 37.3 Å². The second kappa shape index (κ2) is 8.43. The summed E-state index contributed by atoms with van der Waals surface area (Å²) < 4.78 is 27.4. The van der Waals surface area contributed by atoms with Crippen LogP contribution in [0.5, 0.6) is 0 Å². The number of para-hydroxylation sites is 2. The van der Waals surface area contributed by atoms with E-state index >= 15 is 0 Å². The van der Waals surface area contributed by atoms with Crippen LogP contribution in [0.1, 0.15) is 27.6 Å². The highest BCUT2D eigenvalue weighted by Crippen LogP contribution is 2.20. The summed E-state index contributed by atoms with van der Waals surface area (Å²) in [4.78, 5) is 26.7. The Bertz CT molecular complexity index is 969. The fourth-order valence-electron chi connectivity index (χ4n) is 2.77. The normalized spacial score (nSPS) is 10.4. The predicted octanol–water partition coefficient (Wildman–Crippen LogP) is 4.88. The molecule has 6 heteroatoms. The highest BCUT2D eigenvalue weighted by atomic mass is 19.1. The van der Waals surface area contributed by atoms with E-state index in [4.69, 9.17) is 0 Å². The summed E-state index contributed by atoms with van der Waals surface area (Å²) in [5, 5.41) is 2.22. The number of nitrogens with one attached hydrogen (secondary N) is 1. The Morgan fingerprint density at radius 2 is 1.39 bits per heavy atom. The minimum atomic E-state index is -0.860. The topological polar surface area (TPSA) is 49.4 Å². The fraction of sp³-hybridized carbons (Fsp3) is 0.0909. The summed E-state index contributed by atoms with van der Waals surface area (Å²) in [6.45, 7) is 2.35. The maximum absolute atomic E-state index is 13.7. The lowest BCUT2D eigenvalue weighted by molar-refractivity contribution is 0.0985. The molecule has 3 aromatic rings. The Labute approximate surface area is 161 Å². The van der Waals surface area contributed by atoms with Crippen molar-refractivity contribution in [2.45, 2.75) is 6.92 Å². The zero-order valence-corrected chi connectivity index (χ0v) is 15.2. The van der Waals surface area contributed by atoms with Crippen LogP contribution in [-0.2, 0) is 0 Å². The first kappa shape index (κ1) is 19.2. The number of carbonyl (C=O) groups is 2. The monoisotopic (exact) mass is 380 g/mol. The van der Waals surface area contributed by atoms with E-state index < -0.39 is 23.2 Å². The van der Waals surface area contributed by atoms with Crippen LogP contribution >= 0.6 is 0 Å². The molecule has 4 nitrogen and oxygen atoms in total. The average Bonchev–Trinajstić information content (AvgIpc) is 2.72. The van der Waals surface area contributed by atoms with E-state index in [9.17, 15) is 18.4 Å². The van der Waals surface area contributed by atoms with Crippen LogP contribution in [0.3, 0.4) is 0 Å². The van der Waals surface area contributed by atoms with Gasteiger partial charge in [-0.2, -0.15) is 0 Å². The number of anilines is 2. The molecule has 0 saturated heterocycles. The molecule has 28 heavy (non-hydrogen) atoms. The van der Waals surface area contributed by atoms with Crippen molar-refractivity contribution in [3.63, 3.8) is 0 Å². The molecule has 0 aliphatic carbocycles. The van der Waals surface area contributed by atoms with Gasteiger partial charge in [-0.05, 0) is 55.5 Å². The summed E-state index contributed by atoms with van der Waals surface area (Å²) in [5.74, 6) is -2.59. The largest absolute Gasteiger partial charge is 0.317 e. The van der Waals surface area contributed by atoms with Gasteiger partial charge in [0, 0.05) is 23.4 Å². The first-order valence-corrected chi connectivity index (χ1v) is 8.73. The number of amides is 2. The third kappa shape index (κ3) is 4.06. The second-order valence-electron chi connectivity index (χ2n) is 6.01. The van der Waals surface area contributed by atoms with Gasteiger partial charge in [0.1, 0.15) is 17.3 Å². The van der Waals surface area contributed by atoms with Crippen LogP contribution in [0.4, 0.5) is 20.2 Å². The summed E-state index contributed by atoms with van der Waals surface area (Å²) in [6, 6.07) is 18.5. The number of hydrogen-bond donors (Lipinski definition) is 1. The summed E-state index contributed by atoms with van der Waals surface area (Å²) in [7, 11) is 0. The van der Waals surface area contributed by atoms with Gasteiger partial charge in [0.05, 0.1) is 0 Å². The van der Waals surface area contributed by atoms with Gasteiger partial charge in [-0.15, -0.1) is 0 Å². The molecule has 0 aliphatic heterocycles. The first-order valence-electron chi connectivity index (χ1n) is 8.73. The van der Waals surface area contributed by atoms with E-state index in [1.54, 1.807) is 4.90 Å². The minimum absolute atomic E-state index is 0.182. The third-order valence-corrected chi connectivity index (χ3v) is 4.22. The number of rotatable bonds is 5. The van der Waals surface area contributed by atoms with Gasteiger partial charge in [0.25, 0.3) is 11.8 Å². The van der Waals surface area contributed by atoms with Crippen molar-refractivity contribution in [1.29, 1.82) is 0 Å². The number of hydrogen-bond acceptors (Lipinski definition) is 2. The SMILES string of the molecule is CCN(C(=O)c1ccc(C(=O)Nc2c(F)cccc2F)cc1)c1ccccc1. The average molecular weight is 380 g/mol. The number of carbonyl (C=O) groups excluding carboxylic acids is 2. The molecule has 0 aliphatic rings. The van der Waals surface area contributed by atoms with Crippen molar-refractivity contribution in [3.8, 4) is 0 Å². The summed E-state index contributed by atoms with van der Waals surface area (Å²) in [5.41, 5.74) is 0.849. The van der Waals surface area contributed by atoms with Gasteiger partial charge in [-0.3, -0.25) is 9.59 Å². The number of halogens is 2. The van der Waals surface area contributed by atoms with Gasteiger partial charge >= 0.3 is 0 Å². The molecule has 142 valence electrons. The van der Waals surface area contributed by atoms with Crippen molar-refractivity contribution in [2.24, 2.45) is 0 Å². The Hall–Kier alpha value is -3.54. The molecule has 2 amide bonds. The highest BCUT2D eigenvalue weighted by molar-refractivity contribution is 6.08. The maximum Gasteiger partial charge on any atom is 0.258 e. The van der Waals surface area contributed by atoms with Gasteiger partial charge in [0.15, 0.2) is 0 Å². The lowest BCUT2D eigenvalue weighted by atomic mass is 10.1. The number of benzene rings is 3. The van der Waals surface area contributed by atoms with Crippen LogP contribution < -0.4 is 10.2 Å². The third-order valence-electron chi connectivity index (χ3n) is 4.22. The van der Waals surface area contributed by atoms with E-state index in [0.29, 0.717) is 12.1 Å². The van der Waals surface area contributed by atoms with Crippen molar-refractivity contribution >= 4 is 23.2 Å². The van der Waals surface area contributed by atoms with Crippen molar-refractivity contribution in [3.05, 3.63) is 95.6 Å². The molecule has 0 aromatic heterocycles. The van der Waals surface area contributed by atoms with Crippen LogP contribution in [0, 0.1) is 11.6 Å². The molecule has 0 radical (unpaired) electrons. The fourth-order valence-corrected chi connectivity index (χ4v) is 2.77. The smallest absolute Gasteiger partial charge is 0.258 e. The Morgan fingerprint density at radius 3 is 1.96 bits per heavy atom. The van der Waals surface area contributed by atoms with Crippen molar-refractivity contribution < 1.29 is 18.4 Å². The molecule has 0 saturated carbocycles. The lowest BCUT2D eigenvalue weighted by Crippen LogP contribution is -2.30. The Morgan fingerprint density at radius 1 is 0.821 bits per heavy atom. The molecule has 3 aromatic carbocycles. The van der Waals surface area contributed by atoms with Gasteiger partial charge in [-0.1, -0.05) is 24.3 Å². The minimum Gasteiger partial charge on any atom is -0.317 e. The molecular weight excluding hydrogens is 362 g/mol. The van der Waals surface area contributed by atoms with Crippen LogP contribution in [0.2, 0.25) is 0 Å². The predicted molar refractivity (Wildman–Crippen MR) is 105 cm³/mol. The molecule has 0 bridgehead atoms. The van der Waals surface area contributed by atoms with Crippen molar-refractivity contribution in [1.82, 2.24) is 0 Å². The van der Waals surface area contributed by atoms with Crippen LogP contribution in [0.25, 0.3) is 0 Å². The molecule has 0 atom stereocenters. The van der Waals surface area contributed by atoms with E-state index in [0.717, 1.165) is 17.8 Å². The maximum atomic E-state index is 13.7. The van der Waals surface area contributed by atoms with Crippen molar-refractivity contribution in [2.75, 3.05) is 16.8 Å². The lowest BCUT2D eigenvalue weighted by Gasteiger charge is -2.21.